The number of rotatable bonds is 2. The Morgan fingerprint density at radius 2 is 1.94 bits per heavy atom. The van der Waals surface area contributed by atoms with Crippen molar-refractivity contribution in [2.45, 2.75) is 0 Å². The van der Waals surface area contributed by atoms with Crippen LogP contribution in [-0.4, -0.2) is 17.1 Å². The lowest BCUT2D eigenvalue weighted by atomic mass is 10.1. The van der Waals surface area contributed by atoms with Crippen LogP contribution in [0.2, 0.25) is 5.28 Å². The Labute approximate surface area is 96.9 Å². The summed E-state index contributed by atoms with van der Waals surface area (Å²) in [6, 6.07) is 4.59. The monoisotopic (exact) mass is 238 g/mol. The van der Waals surface area contributed by atoms with Crippen molar-refractivity contribution in [3.8, 4) is 16.9 Å². The van der Waals surface area contributed by atoms with Crippen molar-refractivity contribution >= 4 is 11.6 Å². The average molecular weight is 239 g/mol. The lowest BCUT2D eigenvalue weighted by Crippen LogP contribution is -1.90. The molecule has 1 aromatic heterocycles. The molecule has 0 amide bonds. The van der Waals surface area contributed by atoms with E-state index in [-0.39, 0.29) is 11.1 Å². The molecule has 0 fully saturated rings. The van der Waals surface area contributed by atoms with Gasteiger partial charge in [0, 0.05) is 29.6 Å². The van der Waals surface area contributed by atoms with Gasteiger partial charge in [0.1, 0.15) is 11.6 Å². The van der Waals surface area contributed by atoms with Gasteiger partial charge in [-0.05, 0) is 23.7 Å². The molecule has 0 unspecified atom stereocenters. The van der Waals surface area contributed by atoms with Crippen molar-refractivity contribution in [2.24, 2.45) is 0 Å². The number of halogens is 2. The van der Waals surface area contributed by atoms with E-state index in [9.17, 15) is 4.39 Å². The maximum atomic E-state index is 13.7. The van der Waals surface area contributed by atoms with Crippen LogP contribution < -0.4 is 4.74 Å². The van der Waals surface area contributed by atoms with Crippen LogP contribution in [0.15, 0.2) is 30.6 Å². The molecule has 5 heteroatoms. The third-order valence-electron chi connectivity index (χ3n) is 2.11. The SMILES string of the molecule is COc1ccc(-c2cnc(Cl)nc2)c(F)c1. The molecular formula is C11H8ClFN2O. The lowest BCUT2D eigenvalue weighted by Gasteiger charge is -2.04. The molecule has 0 saturated carbocycles. The van der Waals surface area contributed by atoms with Crippen LogP contribution in [0.1, 0.15) is 0 Å². The summed E-state index contributed by atoms with van der Waals surface area (Å²) in [6.45, 7) is 0. The smallest absolute Gasteiger partial charge is 0.222 e. The second kappa shape index (κ2) is 4.45. The summed E-state index contributed by atoms with van der Waals surface area (Å²) in [7, 11) is 1.49. The Morgan fingerprint density at radius 3 is 2.50 bits per heavy atom. The normalized spacial score (nSPS) is 10.2. The van der Waals surface area contributed by atoms with Gasteiger partial charge in [0.05, 0.1) is 7.11 Å². The summed E-state index contributed by atoms with van der Waals surface area (Å²) in [5.41, 5.74) is 0.988. The van der Waals surface area contributed by atoms with Gasteiger partial charge in [-0.25, -0.2) is 14.4 Å². The zero-order chi connectivity index (χ0) is 11.5. The number of ether oxygens (including phenoxy) is 1. The third kappa shape index (κ3) is 2.12. The fourth-order valence-corrected chi connectivity index (χ4v) is 1.41. The van der Waals surface area contributed by atoms with Gasteiger partial charge in [0.2, 0.25) is 5.28 Å². The Hall–Kier alpha value is -1.68. The molecule has 16 heavy (non-hydrogen) atoms. The minimum Gasteiger partial charge on any atom is -0.497 e. The van der Waals surface area contributed by atoms with Crippen molar-refractivity contribution in [3.05, 3.63) is 41.7 Å². The molecule has 0 aliphatic heterocycles. The Kier molecular flexibility index (Phi) is 3.01. The van der Waals surface area contributed by atoms with E-state index in [2.05, 4.69) is 9.97 Å². The molecule has 2 aromatic rings. The second-order valence-electron chi connectivity index (χ2n) is 3.09. The molecular weight excluding hydrogens is 231 g/mol. The van der Waals surface area contributed by atoms with Gasteiger partial charge in [0.25, 0.3) is 0 Å². The first-order chi connectivity index (χ1) is 7.70. The van der Waals surface area contributed by atoms with E-state index in [0.717, 1.165) is 0 Å². The molecule has 0 radical (unpaired) electrons. The lowest BCUT2D eigenvalue weighted by molar-refractivity contribution is 0.411. The minimum atomic E-state index is -0.384. The third-order valence-corrected chi connectivity index (χ3v) is 2.30. The van der Waals surface area contributed by atoms with Crippen molar-refractivity contribution in [1.29, 1.82) is 0 Å². The summed E-state index contributed by atoms with van der Waals surface area (Å²) >= 11 is 5.55. The van der Waals surface area contributed by atoms with Crippen LogP contribution in [0, 0.1) is 5.82 Å². The summed E-state index contributed by atoms with van der Waals surface area (Å²) in [5.74, 6) is 0.0846. The zero-order valence-electron chi connectivity index (χ0n) is 8.45. The maximum Gasteiger partial charge on any atom is 0.222 e. The summed E-state index contributed by atoms with van der Waals surface area (Å²) in [5, 5.41) is 0.137. The van der Waals surface area contributed by atoms with E-state index >= 15 is 0 Å². The quantitative estimate of drug-likeness (QED) is 0.755. The van der Waals surface area contributed by atoms with Crippen LogP contribution in [-0.2, 0) is 0 Å². The van der Waals surface area contributed by atoms with Crippen LogP contribution in [0.3, 0.4) is 0 Å². The fourth-order valence-electron chi connectivity index (χ4n) is 1.31. The van der Waals surface area contributed by atoms with Crippen molar-refractivity contribution < 1.29 is 9.13 Å². The number of hydrogen-bond acceptors (Lipinski definition) is 3. The van der Waals surface area contributed by atoms with Gasteiger partial charge in [0.15, 0.2) is 0 Å². The molecule has 0 aliphatic rings. The average Bonchev–Trinajstić information content (AvgIpc) is 2.30. The number of methoxy groups -OCH3 is 1. The first-order valence-corrected chi connectivity index (χ1v) is 4.90. The maximum absolute atomic E-state index is 13.7. The second-order valence-corrected chi connectivity index (χ2v) is 3.42. The molecule has 0 atom stereocenters. The molecule has 0 saturated heterocycles. The molecule has 3 nitrogen and oxygen atoms in total. The molecule has 0 N–H and O–H groups in total. The van der Waals surface area contributed by atoms with Crippen LogP contribution in [0.5, 0.6) is 5.75 Å². The van der Waals surface area contributed by atoms with E-state index in [0.29, 0.717) is 16.9 Å². The van der Waals surface area contributed by atoms with E-state index in [4.69, 9.17) is 16.3 Å². The van der Waals surface area contributed by atoms with E-state index < -0.39 is 0 Å². The Balaban J connectivity index is 2.44. The molecule has 0 bridgehead atoms. The van der Waals surface area contributed by atoms with Gasteiger partial charge in [-0.1, -0.05) is 0 Å². The van der Waals surface area contributed by atoms with Gasteiger partial charge >= 0.3 is 0 Å². The largest absolute Gasteiger partial charge is 0.497 e. The highest BCUT2D eigenvalue weighted by Gasteiger charge is 2.07. The summed E-state index contributed by atoms with van der Waals surface area (Å²) in [4.78, 5) is 7.59. The highest BCUT2D eigenvalue weighted by Crippen LogP contribution is 2.25. The standard InChI is InChI=1S/C11H8ClFN2O/c1-16-8-2-3-9(10(13)4-8)7-5-14-11(12)15-6-7/h2-6H,1H3. The highest BCUT2D eigenvalue weighted by molar-refractivity contribution is 6.28. The minimum absolute atomic E-state index is 0.137. The van der Waals surface area contributed by atoms with Crippen LogP contribution >= 0.6 is 11.6 Å². The number of benzene rings is 1. The van der Waals surface area contributed by atoms with E-state index in [1.165, 1.54) is 25.6 Å². The molecule has 1 heterocycles. The number of nitrogens with zero attached hydrogens (tertiary/aromatic N) is 2. The highest BCUT2D eigenvalue weighted by atomic mass is 35.5. The van der Waals surface area contributed by atoms with Gasteiger partial charge < -0.3 is 4.74 Å². The number of hydrogen-bond donors (Lipinski definition) is 0. The fraction of sp³-hybridized carbons (Fsp3) is 0.0909. The van der Waals surface area contributed by atoms with E-state index in [1.807, 2.05) is 0 Å². The van der Waals surface area contributed by atoms with Crippen molar-refractivity contribution in [2.75, 3.05) is 7.11 Å². The molecule has 2 rings (SSSR count). The molecule has 82 valence electrons. The van der Waals surface area contributed by atoms with Crippen LogP contribution in [0.4, 0.5) is 4.39 Å². The van der Waals surface area contributed by atoms with Gasteiger partial charge in [-0.2, -0.15) is 0 Å². The Morgan fingerprint density at radius 1 is 1.25 bits per heavy atom. The first-order valence-electron chi connectivity index (χ1n) is 4.52. The van der Waals surface area contributed by atoms with Gasteiger partial charge in [-0.3, -0.25) is 0 Å². The van der Waals surface area contributed by atoms with E-state index in [1.54, 1.807) is 12.1 Å². The zero-order valence-corrected chi connectivity index (χ0v) is 9.20. The number of aromatic nitrogens is 2. The topological polar surface area (TPSA) is 35.0 Å². The molecule has 0 spiro atoms. The molecule has 0 aliphatic carbocycles. The predicted octanol–water partition coefficient (Wildman–Crippen LogP) is 2.94. The van der Waals surface area contributed by atoms with Crippen molar-refractivity contribution in [3.63, 3.8) is 0 Å². The summed E-state index contributed by atoms with van der Waals surface area (Å²) in [6.07, 6.45) is 2.94. The summed E-state index contributed by atoms with van der Waals surface area (Å²) < 4.78 is 18.6. The predicted molar refractivity (Wildman–Crippen MR) is 59.0 cm³/mol. The van der Waals surface area contributed by atoms with Crippen LogP contribution in [0.25, 0.3) is 11.1 Å². The Bertz CT molecular complexity index is 502. The van der Waals surface area contributed by atoms with Crippen molar-refractivity contribution in [1.82, 2.24) is 9.97 Å². The molecule has 1 aromatic carbocycles. The first kappa shape index (κ1) is 10.8. The van der Waals surface area contributed by atoms with Gasteiger partial charge in [-0.15, -0.1) is 0 Å².